The molecule has 1 fully saturated rings. The van der Waals surface area contributed by atoms with Crippen LogP contribution in [0.2, 0.25) is 10.0 Å². The van der Waals surface area contributed by atoms with Crippen LogP contribution in [0.15, 0.2) is 48.5 Å². The summed E-state index contributed by atoms with van der Waals surface area (Å²) < 4.78 is 5.25. The van der Waals surface area contributed by atoms with Crippen LogP contribution >= 0.6 is 23.2 Å². The third kappa shape index (κ3) is 4.82. The highest BCUT2D eigenvalue weighted by molar-refractivity contribution is 6.43. The van der Waals surface area contributed by atoms with Crippen LogP contribution in [0.4, 0.5) is 5.69 Å². The van der Waals surface area contributed by atoms with Crippen LogP contribution in [-0.2, 0) is 9.53 Å². The van der Waals surface area contributed by atoms with E-state index >= 15 is 0 Å². The van der Waals surface area contributed by atoms with Crippen LogP contribution in [0.1, 0.15) is 42.5 Å². The minimum Gasteiger partial charge on any atom is -0.452 e. The van der Waals surface area contributed by atoms with Crippen LogP contribution in [0.25, 0.3) is 0 Å². The van der Waals surface area contributed by atoms with Gasteiger partial charge < -0.3 is 9.64 Å². The van der Waals surface area contributed by atoms with Crippen molar-refractivity contribution >= 4 is 40.8 Å². The number of rotatable bonds is 5. The number of ether oxygens (including phenoxy) is 1. The Balaban J connectivity index is 1.72. The number of hydrogen-bond donors (Lipinski definition) is 0. The number of esters is 1. The Bertz CT molecular complexity index is 804. The fourth-order valence-electron chi connectivity index (χ4n) is 3.42. The van der Waals surface area contributed by atoms with Crippen LogP contribution in [0, 0.1) is 0 Å². The number of para-hydroxylation sites is 1. The third-order valence-electron chi connectivity index (χ3n) is 4.74. The average Bonchev–Trinajstić information content (AvgIpc) is 2.70. The van der Waals surface area contributed by atoms with Crippen molar-refractivity contribution in [3.8, 4) is 0 Å². The first-order valence-electron chi connectivity index (χ1n) is 9.06. The zero-order valence-corrected chi connectivity index (χ0v) is 16.4. The highest BCUT2D eigenvalue weighted by Crippen LogP contribution is 2.28. The molecule has 0 N–H and O–H groups in total. The maximum atomic E-state index is 12.9. The lowest BCUT2D eigenvalue weighted by atomic mass is 9.93. The van der Waals surface area contributed by atoms with E-state index in [4.69, 9.17) is 27.9 Å². The lowest BCUT2D eigenvalue weighted by Gasteiger charge is -2.34. The fraction of sp³-hybridized carbons (Fsp3) is 0.333. The Morgan fingerprint density at radius 1 is 0.963 bits per heavy atom. The van der Waals surface area contributed by atoms with Gasteiger partial charge >= 0.3 is 5.97 Å². The molecule has 1 amide bonds. The van der Waals surface area contributed by atoms with Gasteiger partial charge in [0.1, 0.15) is 0 Å². The molecule has 3 rings (SSSR count). The zero-order valence-electron chi connectivity index (χ0n) is 14.9. The number of halogens is 2. The van der Waals surface area contributed by atoms with Gasteiger partial charge in [-0.25, -0.2) is 4.79 Å². The molecule has 0 bridgehead atoms. The highest BCUT2D eigenvalue weighted by atomic mass is 35.5. The van der Waals surface area contributed by atoms with E-state index in [1.165, 1.54) is 12.5 Å². The van der Waals surface area contributed by atoms with E-state index < -0.39 is 5.97 Å². The Kier molecular flexibility index (Phi) is 6.75. The van der Waals surface area contributed by atoms with Gasteiger partial charge in [-0.15, -0.1) is 0 Å². The second-order valence-electron chi connectivity index (χ2n) is 6.57. The standard InChI is InChI=1S/C21H21Cl2NO3/c22-18-13-7-12-17(20(18)23)21(26)27-14-19(25)24(15-8-3-1-4-9-15)16-10-5-2-6-11-16/h1,3-4,7-9,12-13,16H,2,5-6,10-11,14H2. The number of hydrogen-bond acceptors (Lipinski definition) is 3. The van der Waals surface area contributed by atoms with Crippen molar-refractivity contribution in [1.82, 2.24) is 0 Å². The molecule has 1 aliphatic carbocycles. The van der Waals surface area contributed by atoms with E-state index in [2.05, 4.69) is 0 Å². The van der Waals surface area contributed by atoms with Crippen molar-refractivity contribution in [1.29, 1.82) is 0 Å². The molecular weight excluding hydrogens is 385 g/mol. The number of nitrogens with zero attached hydrogens (tertiary/aromatic N) is 1. The Morgan fingerprint density at radius 3 is 2.37 bits per heavy atom. The predicted octanol–water partition coefficient (Wildman–Crippen LogP) is 5.52. The highest BCUT2D eigenvalue weighted by Gasteiger charge is 2.28. The van der Waals surface area contributed by atoms with E-state index in [1.54, 1.807) is 17.0 Å². The third-order valence-corrected chi connectivity index (χ3v) is 5.56. The molecule has 0 saturated heterocycles. The molecule has 1 saturated carbocycles. The summed E-state index contributed by atoms with van der Waals surface area (Å²) in [4.78, 5) is 27.0. The quantitative estimate of drug-likeness (QED) is 0.615. The van der Waals surface area contributed by atoms with Crippen molar-refractivity contribution < 1.29 is 14.3 Å². The van der Waals surface area contributed by atoms with E-state index in [-0.39, 0.29) is 34.2 Å². The van der Waals surface area contributed by atoms with Gasteiger partial charge in [-0.3, -0.25) is 4.79 Å². The minimum atomic E-state index is -0.660. The average molecular weight is 406 g/mol. The molecule has 2 aromatic rings. The SMILES string of the molecule is O=C(OCC(=O)N(c1ccccc1)C1CCCCC1)c1cccc(Cl)c1Cl. The molecule has 1 aliphatic rings. The molecule has 142 valence electrons. The number of carbonyl (C=O) groups excluding carboxylic acids is 2. The maximum Gasteiger partial charge on any atom is 0.340 e. The van der Waals surface area contributed by atoms with Gasteiger partial charge in [0.25, 0.3) is 5.91 Å². The second kappa shape index (κ2) is 9.25. The summed E-state index contributed by atoms with van der Waals surface area (Å²) in [6.07, 6.45) is 5.29. The van der Waals surface area contributed by atoms with Crippen molar-refractivity contribution in [2.24, 2.45) is 0 Å². The lowest BCUT2D eigenvalue weighted by molar-refractivity contribution is -0.122. The Hall–Kier alpha value is -2.04. The second-order valence-corrected chi connectivity index (χ2v) is 7.35. The zero-order chi connectivity index (χ0) is 19.2. The fourth-order valence-corrected chi connectivity index (χ4v) is 3.80. The van der Waals surface area contributed by atoms with Gasteiger partial charge in [0, 0.05) is 11.7 Å². The molecule has 0 atom stereocenters. The number of amides is 1. The molecule has 0 aliphatic heterocycles. The predicted molar refractivity (Wildman–Crippen MR) is 108 cm³/mol. The first-order valence-corrected chi connectivity index (χ1v) is 9.82. The van der Waals surface area contributed by atoms with Gasteiger partial charge in [-0.1, -0.05) is 66.7 Å². The summed E-state index contributed by atoms with van der Waals surface area (Å²) in [5, 5.41) is 0.398. The van der Waals surface area contributed by atoms with E-state index in [0.717, 1.165) is 31.4 Å². The van der Waals surface area contributed by atoms with E-state index in [0.29, 0.717) is 0 Å². The normalized spacial score (nSPS) is 14.6. The van der Waals surface area contributed by atoms with Gasteiger partial charge in [-0.2, -0.15) is 0 Å². The van der Waals surface area contributed by atoms with Crippen LogP contribution in [0.3, 0.4) is 0 Å². The van der Waals surface area contributed by atoms with E-state index in [9.17, 15) is 9.59 Å². The summed E-state index contributed by atoms with van der Waals surface area (Å²) >= 11 is 12.0. The summed E-state index contributed by atoms with van der Waals surface area (Å²) in [7, 11) is 0. The Morgan fingerprint density at radius 2 is 1.67 bits per heavy atom. The lowest BCUT2D eigenvalue weighted by Crippen LogP contribution is -2.43. The molecule has 27 heavy (non-hydrogen) atoms. The topological polar surface area (TPSA) is 46.6 Å². The molecule has 0 aromatic heterocycles. The summed E-state index contributed by atoms with van der Waals surface area (Å²) in [5.74, 6) is -0.896. The number of anilines is 1. The van der Waals surface area contributed by atoms with Crippen molar-refractivity contribution in [3.63, 3.8) is 0 Å². The number of carbonyl (C=O) groups is 2. The Labute approximate surface area is 169 Å². The smallest absolute Gasteiger partial charge is 0.340 e. The minimum absolute atomic E-state index is 0.127. The molecule has 0 heterocycles. The largest absolute Gasteiger partial charge is 0.452 e. The molecule has 4 nitrogen and oxygen atoms in total. The van der Waals surface area contributed by atoms with Gasteiger partial charge in [-0.05, 0) is 37.1 Å². The van der Waals surface area contributed by atoms with Crippen LogP contribution in [-0.4, -0.2) is 24.5 Å². The van der Waals surface area contributed by atoms with Crippen LogP contribution < -0.4 is 4.90 Å². The van der Waals surface area contributed by atoms with Crippen molar-refractivity contribution in [2.45, 2.75) is 38.1 Å². The van der Waals surface area contributed by atoms with Gasteiger partial charge in [0.15, 0.2) is 6.61 Å². The molecule has 0 spiro atoms. The molecular formula is C21H21Cl2NO3. The van der Waals surface area contributed by atoms with Crippen molar-refractivity contribution in [2.75, 3.05) is 11.5 Å². The first-order chi connectivity index (χ1) is 13.1. The molecule has 0 radical (unpaired) electrons. The monoisotopic (exact) mass is 405 g/mol. The summed E-state index contributed by atoms with van der Waals surface area (Å²) in [6.45, 7) is -0.340. The van der Waals surface area contributed by atoms with Gasteiger partial charge in [0.2, 0.25) is 0 Å². The van der Waals surface area contributed by atoms with E-state index in [1.807, 2.05) is 30.3 Å². The molecule has 2 aromatic carbocycles. The first kappa shape index (κ1) is 19.7. The number of benzene rings is 2. The maximum absolute atomic E-state index is 12.9. The molecule has 6 heteroatoms. The van der Waals surface area contributed by atoms with Crippen molar-refractivity contribution in [3.05, 3.63) is 64.1 Å². The van der Waals surface area contributed by atoms with Gasteiger partial charge in [0.05, 0.1) is 15.6 Å². The summed E-state index contributed by atoms with van der Waals surface area (Å²) in [6, 6.07) is 14.4. The molecule has 0 unspecified atom stereocenters. The summed E-state index contributed by atoms with van der Waals surface area (Å²) in [5.41, 5.74) is 0.979. The van der Waals surface area contributed by atoms with Crippen LogP contribution in [0.5, 0.6) is 0 Å².